The molecular weight excluding hydrogens is 301 g/mol. The minimum Gasteiger partial charge on any atom is -0.373 e. The van der Waals surface area contributed by atoms with Crippen LogP contribution in [-0.4, -0.2) is 33.6 Å². The first kappa shape index (κ1) is 15.1. The number of carbonyl (C=O) groups is 1. The van der Waals surface area contributed by atoms with Gasteiger partial charge in [-0.25, -0.2) is 4.79 Å². The highest BCUT2D eigenvalue weighted by atomic mass is 19.4. The molecule has 9 heteroatoms. The summed E-state index contributed by atoms with van der Waals surface area (Å²) in [6.45, 7) is 4.37. The van der Waals surface area contributed by atoms with Crippen molar-refractivity contribution >= 4 is 11.8 Å². The van der Waals surface area contributed by atoms with Gasteiger partial charge in [0.2, 0.25) is 0 Å². The Bertz CT molecular complexity index is 625. The molecule has 0 spiro atoms. The largest absolute Gasteiger partial charge is 0.435 e. The van der Waals surface area contributed by atoms with Crippen molar-refractivity contribution in [3.05, 3.63) is 11.8 Å². The molecule has 1 aromatic rings. The number of anilines is 1. The summed E-state index contributed by atoms with van der Waals surface area (Å²) >= 11 is 0. The summed E-state index contributed by atoms with van der Waals surface area (Å²) in [6.07, 6.45) is -3.73. The fourth-order valence-corrected chi connectivity index (χ4v) is 3.08. The predicted molar refractivity (Wildman–Crippen MR) is 71.2 cm³/mol. The van der Waals surface area contributed by atoms with Crippen molar-refractivity contribution in [1.82, 2.24) is 15.1 Å². The molecule has 2 aliphatic rings. The second kappa shape index (κ2) is 4.37. The summed E-state index contributed by atoms with van der Waals surface area (Å²) < 4.78 is 44.4. The normalized spacial score (nSPS) is 29.1. The smallest absolute Gasteiger partial charge is 0.373 e. The molecule has 1 aromatic heterocycles. The van der Waals surface area contributed by atoms with E-state index in [1.54, 1.807) is 0 Å². The van der Waals surface area contributed by atoms with Gasteiger partial charge in [0.15, 0.2) is 5.69 Å². The van der Waals surface area contributed by atoms with Crippen LogP contribution < -0.4 is 10.6 Å². The SMILES string of the molecule is Cn1nc(C(F)(F)F)cc1NC(=O)NC12CC1COC2(C)C. The Labute approximate surface area is 125 Å². The molecule has 2 heterocycles. The quantitative estimate of drug-likeness (QED) is 0.878. The molecule has 0 aromatic carbocycles. The fourth-order valence-electron chi connectivity index (χ4n) is 3.08. The van der Waals surface area contributed by atoms with E-state index in [-0.39, 0.29) is 11.7 Å². The lowest BCUT2D eigenvalue weighted by atomic mass is 9.96. The first-order valence-corrected chi connectivity index (χ1v) is 6.89. The second-order valence-corrected chi connectivity index (χ2v) is 6.31. The van der Waals surface area contributed by atoms with Crippen molar-refractivity contribution in [3.8, 4) is 0 Å². The van der Waals surface area contributed by atoms with Crippen molar-refractivity contribution in [2.75, 3.05) is 11.9 Å². The maximum absolute atomic E-state index is 12.6. The van der Waals surface area contributed by atoms with E-state index in [2.05, 4.69) is 15.7 Å². The number of rotatable bonds is 2. The van der Waals surface area contributed by atoms with Crippen molar-refractivity contribution in [3.63, 3.8) is 0 Å². The lowest BCUT2D eigenvalue weighted by Crippen LogP contribution is -2.52. The number of hydrogen-bond acceptors (Lipinski definition) is 3. The molecule has 0 bridgehead atoms. The van der Waals surface area contributed by atoms with Crippen molar-refractivity contribution in [2.45, 2.75) is 37.6 Å². The highest BCUT2D eigenvalue weighted by Gasteiger charge is 2.69. The molecule has 122 valence electrons. The van der Waals surface area contributed by atoms with E-state index < -0.39 is 29.0 Å². The lowest BCUT2D eigenvalue weighted by Gasteiger charge is -2.31. The van der Waals surface area contributed by atoms with Crippen LogP contribution in [0.2, 0.25) is 0 Å². The number of nitrogens with one attached hydrogen (secondary N) is 2. The third-order valence-electron chi connectivity index (χ3n) is 4.57. The standard InChI is InChI=1S/C13H17F3N4O2/c1-11(2)12(5-7(12)6-22-11)18-10(21)17-9-4-8(13(14,15)16)19-20(9)3/h4,7H,5-6H2,1-3H3,(H2,17,18,21). The van der Waals surface area contributed by atoms with Crippen LogP contribution in [0.3, 0.4) is 0 Å². The van der Waals surface area contributed by atoms with Gasteiger partial charge in [-0.2, -0.15) is 18.3 Å². The molecule has 2 fully saturated rings. The number of nitrogens with zero attached hydrogens (tertiary/aromatic N) is 2. The minimum atomic E-state index is -4.55. The molecular formula is C13H17F3N4O2. The average Bonchev–Trinajstić information content (AvgIpc) is 2.87. The molecule has 2 unspecified atom stereocenters. The van der Waals surface area contributed by atoms with Crippen LogP contribution in [0.5, 0.6) is 0 Å². The van der Waals surface area contributed by atoms with Crippen LogP contribution in [-0.2, 0) is 18.0 Å². The van der Waals surface area contributed by atoms with Crippen LogP contribution in [0.1, 0.15) is 26.0 Å². The number of aryl methyl sites for hydroxylation is 1. The van der Waals surface area contributed by atoms with Gasteiger partial charge in [-0.05, 0) is 20.3 Å². The van der Waals surface area contributed by atoms with Crippen molar-refractivity contribution < 1.29 is 22.7 Å². The van der Waals surface area contributed by atoms with E-state index in [4.69, 9.17) is 4.74 Å². The van der Waals surface area contributed by atoms with Crippen LogP contribution in [0.15, 0.2) is 6.07 Å². The summed E-state index contributed by atoms with van der Waals surface area (Å²) in [5, 5.41) is 8.61. The Balaban J connectivity index is 1.70. The molecule has 0 radical (unpaired) electrons. The third-order valence-corrected chi connectivity index (χ3v) is 4.57. The number of fused-ring (bicyclic) bond motifs is 1. The molecule has 3 rings (SSSR count). The average molecular weight is 318 g/mol. The molecule has 22 heavy (non-hydrogen) atoms. The first-order chi connectivity index (χ1) is 10.1. The van der Waals surface area contributed by atoms with Gasteiger partial charge in [0.25, 0.3) is 0 Å². The van der Waals surface area contributed by atoms with Gasteiger partial charge in [0, 0.05) is 19.0 Å². The number of hydrogen-bond donors (Lipinski definition) is 2. The molecule has 2 N–H and O–H groups in total. The lowest BCUT2D eigenvalue weighted by molar-refractivity contribution is -0.141. The van der Waals surface area contributed by atoms with E-state index in [0.717, 1.165) is 17.2 Å². The fraction of sp³-hybridized carbons (Fsp3) is 0.692. The molecule has 2 amide bonds. The molecule has 1 saturated carbocycles. The summed E-state index contributed by atoms with van der Waals surface area (Å²) in [5.74, 6) is 0.237. The van der Waals surface area contributed by atoms with Gasteiger partial charge >= 0.3 is 12.2 Å². The Morgan fingerprint density at radius 1 is 1.50 bits per heavy atom. The number of urea groups is 1. The van der Waals surface area contributed by atoms with Crippen LogP contribution >= 0.6 is 0 Å². The third kappa shape index (κ3) is 2.23. The Hall–Kier alpha value is -1.77. The van der Waals surface area contributed by atoms with Gasteiger partial charge in [0.05, 0.1) is 17.7 Å². The number of alkyl halides is 3. The number of halogens is 3. The zero-order chi connectivity index (χ0) is 16.3. The van der Waals surface area contributed by atoms with E-state index in [0.29, 0.717) is 6.61 Å². The van der Waals surface area contributed by atoms with Crippen molar-refractivity contribution in [1.29, 1.82) is 0 Å². The highest BCUT2D eigenvalue weighted by Crippen LogP contribution is 2.57. The predicted octanol–water partition coefficient (Wildman–Crippen LogP) is 2.13. The summed E-state index contributed by atoms with van der Waals surface area (Å²) in [6, 6.07) is 0.246. The molecule has 1 aliphatic heterocycles. The second-order valence-electron chi connectivity index (χ2n) is 6.31. The zero-order valence-electron chi connectivity index (χ0n) is 12.4. The van der Waals surface area contributed by atoms with E-state index >= 15 is 0 Å². The topological polar surface area (TPSA) is 68.2 Å². The van der Waals surface area contributed by atoms with Gasteiger partial charge in [0.1, 0.15) is 5.82 Å². The number of ether oxygens (including phenoxy) is 1. The minimum absolute atomic E-state index is 0.0184. The Kier molecular flexibility index (Phi) is 3.01. The van der Waals surface area contributed by atoms with Gasteiger partial charge in [-0.1, -0.05) is 0 Å². The van der Waals surface area contributed by atoms with Crippen molar-refractivity contribution in [2.24, 2.45) is 13.0 Å². The van der Waals surface area contributed by atoms with Crippen LogP contribution in [0.4, 0.5) is 23.8 Å². The highest BCUT2D eigenvalue weighted by molar-refractivity contribution is 5.89. The molecule has 1 saturated heterocycles. The maximum atomic E-state index is 12.6. The Morgan fingerprint density at radius 2 is 2.18 bits per heavy atom. The van der Waals surface area contributed by atoms with E-state index in [9.17, 15) is 18.0 Å². The zero-order valence-corrected chi connectivity index (χ0v) is 12.4. The molecule has 6 nitrogen and oxygen atoms in total. The van der Waals surface area contributed by atoms with Gasteiger partial charge in [-0.15, -0.1) is 0 Å². The summed E-state index contributed by atoms with van der Waals surface area (Å²) in [5.41, 5.74) is -1.97. The van der Waals surface area contributed by atoms with E-state index in [1.807, 2.05) is 13.8 Å². The summed E-state index contributed by atoms with van der Waals surface area (Å²) in [4.78, 5) is 12.1. The summed E-state index contributed by atoms with van der Waals surface area (Å²) in [7, 11) is 1.34. The molecule has 1 aliphatic carbocycles. The van der Waals surface area contributed by atoms with E-state index in [1.165, 1.54) is 7.05 Å². The number of aromatic nitrogens is 2. The Morgan fingerprint density at radius 3 is 2.64 bits per heavy atom. The van der Waals surface area contributed by atoms with Gasteiger partial charge < -0.3 is 10.1 Å². The number of carbonyl (C=O) groups excluding carboxylic acids is 1. The monoisotopic (exact) mass is 318 g/mol. The van der Waals surface area contributed by atoms with Crippen LogP contribution in [0.25, 0.3) is 0 Å². The number of amides is 2. The molecule has 2 atom stereocenters. The maximum Gasteiger partial charge on any atom is 0.435 e. The van der Waals surface area contributed by atoms with Gasteiger partial charge in [-0.3, -0.25) is 10.00 Å². The van der Waals surface area contributed by atoms with Crippen LogP contribution in [0, 0.1) is 5.92 Å². The first-order valence-electron chi connectivity index (χ1n) is 6.89.